The quantitative estimate of drug-likeness (QED) is 0.641. The average molecular weight is 422 g/mol. The smallest absolute Gasteiger partial charge is 0.435 e. The molecule has 1 aliphatic rings. The van der Waals surface area contributed by atoms with E-state index in [-0.39, 0.29) is 11.4 Å². The predicted octanol–water partition coefficient (Wildman–Crippen LogP) is 4.18. The summed E-state index contributed by atoms with van der Waals surface area (Å²) in [7, 11) is 0. The van der Waals surface area contributed by atoms with E-state index in [0.717, 1.165) is 12.1 Å². The van der Waals surface area contributed by atoms with Crippen LogP contribution in [0, 0.1) is 5.82 Å². The fourth-order valence-corrected chi connectivity index (χ4v) is 2.97. The number of amides is 1. The molecule has 0 radical (unpaired) electrons. The van der Waals surface area contributed by atoms with Crippen LogP contribution in [0.1, 0.15) is 30.0 Å². The molecule has 2 aromatic carbocycles. The van der Waals surface area contributed by atoms with Crippen molar-refractivity contribution in [3.63, 3.8) is 0 Å². The second-order valence-corrected chi connectivity index (χ2v) is 6.90. The van der Waals surface area contributed by atoms with Crippen molar-refractivity contribution in [2.75, 3.05) is 5.32 Å². The van der Waals surface area contributed by atoms with Crippen LogP contribution in [-0.4, -0.2) is 26.7 Å². The maximum atomic E-state index is 13.7. The molecule has 0 aliphatic carbocycles. The van der Waals surface area contributed by atoms with Gasteiger partial charge in [0.1, 0.15) is 5.82 Å². The Balaban J connectivity index is 1.67. The highest BCUT2D eigenvalue weighted by Crippen LogP contribution is 2.41. The molecule has 30 heavy (non-hydrogen) atoms. The molecule has 156 valence electrons. The Hall–Kier alpha value is -3.63. The zero-order valence-electron chi connectivity index (χ0n) is 15.6. The molecule has 0 saturated heterocycles. The van der Waals surface area contributed by atoms with Crippen molar-refractivity contribution in [3.8, 4) is 17.2 Å². The second-order valence-electron chi connectivity index (χ2n) is 6.90. The van der Waals surface area contributed by atoms with E-state index in [1.54, 1.807) is 13.8 Å². The van der Waals surface area contributed by atoms with Crippen molar-refractivity contribution in [1.29, 1.82) is 0 Å². The van der Waals surface area contributed by atoms with Gasteiger partial charge >= 0.3 is 6.18 Å². The standard InChI is InChI=1S/C19H14F4N4O3/c1-18(2)29-13-7-6-11(9-14(13)30-18)24-17(28)15-16(19(21,22)23)27(26-25-15)12-5-3-4-10(20)8-12/h3-9H,1-2H3,(H,24,28). The summed E-state index contributed by atoms with van der Waals surface area (Å²) in [5.74, 6) is -2.03. The number of rotatable bonds is 3. The molecule has 3 aromatic rings. The van der Waals surface area contributed by atoms with Crippen LogP contribution in [0.4, 0.5) is 23.2 Å². The van der Waals surface area contributed by atoms with Crippen LogP contribution < -0.4 is 14.8 Å². The molecular weight excluding hydrogens is 408 g/mol. The maximum Gasteiger partial charge on any atom is 0.435 e. The van der Waals surface area contributed by atoms with Crippen LogP contribution in [0.5, 0.6) is 11.5 Å². The Morgan fingerprint density at radius 2 is 1.83 bits per heavy atom. The third-order valence-corrected chi connectivity index (χ3v) is 4.12. The highest BCUT2D eigenvalue weighted by molar-refractivity contribution is 6.04. The van der Waals surface area contributed by atoms with E-state index < -0.39 is 35.1 Å². The first-order chi connectivity index (χ1) is 14.0. The summed E-state index contributed by atoms with van der Waals surface area (Å²) < 4.78 is 66.0. The first-order valence-corrected chi connectivity index (χ1v) is 8.66. The first kappa shape index (κ1) is 19.7. The van der Waals surface area contributed by atoms with Gasteiger partial charge in [0.2, 0.25) is 5.79 Å². The molecule has 0 fully saturated rings. The lowest BCUT2D eigenvalue weighted by Gasteiger charge is -2.16. The van der Waals surface area contributed by atoms with Crippen LogP contribution in [0.25, 0.3) is 5.69 Å². The molecule has 11 heteroatoms. The SMILES string of the molecule is CC1(C)Oc2ccc(NC(=O)c3nnn(-c4cccc(F)c4)c3C(F)(F)F)cc2O1. The van der Waals surface area contributed by atoms with Crippen molar-refractivity contribution < 1.29 is 31.8 Å². The number of anilines is 1. The number of nitrogens with one attached hydrogen (secondary N) is 1. The van der Waals surface area contributed by atoms with E-state index in [1.165, 1.54) is 30.3 Å². The number of benzene rings is 2. The summed E-state index contributed by atoms with van der Waals surface area (Å²) in [5.41, 5.74) is -2.43. The molecule has 2 heterocycles. The number of carbonyl (C=O) groups excluding carboxylic acids is 1. The van der Waals surface area contributed by atoms with E-state index in [2.05, 4.69) is 15.6 Å². The number of hydrogen-bond donors (Lipinski definition) is 1. The zero-order chi connectivity index (χ0) is 21.7. The van der Waals surface area contributed by atoms with E-state index in [0.29, 0.717) is 16.2 Å². The van der Waals surface area contributed by atoms with Crippen molar-refractivity contribution >= 4 is 11.6 Å². The number of carbonyl (C=O) groups is 1. The van der Waals surface area contributed by atoms with Gasteiger partial charge in [0.25, 0.3) is 5.91 Å². The normalized spacial score (nSPS) is 14.6. The Labute approximate surface area is 167 Å². The Kier molecular flexibility index (Phi) is 4.40. The lowest BCUT2D eigenvalue weighted by atomic mass is 10.2. The molecule has 0 spiro atoms. The fourth-order valence-electron chi connectivity index (χ4n) is 2.97. The molecule has 7 nitrogen and oxygen atoms in total. The molecular formula is C19H14F4N4O3. The largest absolute Gasteiger partial charge is 0.449 e. The van der Waals surface area contributed by atoms with E-state index in [4.69, 9.17) is 9.47 Å². The highest BCUT2D eigenvalue weighted by Gasteiger charge is 2.42. The maximum absolute atomic E-state index is 13.7. The summed E-state index contributed by atoms with van der Waals surface area (Å²) in [6.45, 7) is 3.37. The topological polar surface area (TPSA) is 78.3 Å². The number of alkyl halides is 3. The minimum Gasteiger partial charge on any atom is -0.449 e. The minimum absolute atomic E-state index is 0.175. The van der Waals surface area contributed by atoms with Gasteiger partial charge in [-0.2, -0.15) is 13.2 Å². The van der Waals surface area contributed by atoms with Crippen LogP contribution in [0.2, 0.25) is 0 Å². The first-order valence-electron chi connectivity index (χ1n) is 8.66. The number of halogens is 4. The number of ether oxygens (including phenoxy) is 2. The molecule has 0 unspecified atom stereocenters. The average Bonchev–Trinajstić information content (AvgIpc) is 3.21. The second kappa shape index (κ2) is 6.71. The van der Waals surface area contributed by atoms with Crippen LogP contribution in [-0.2, 0) is 6.18 Å². The zero-order valence-corrected chi connectivity index (χ0v) is 15.6. The summed E-state index contributed by atoms with van der Waals surface area (Å²) >= 11 is 0. The Morgan fingerprint density at radius 3 is 2.53 bits per heavy atom. The van der Waals surface area contributed by atoms with Crippen molar-refractivity contribution in [1.82, 2.24) is 15.0 Å². The van der Waals surface area contributed by atoms with Gasteiger partial charge in [0.05, 0.1) is 5.69 Å². The van der Waals surface area contributed by atoms with Crippen LogP contribution >= 0.6 is 0 Å². The van der Waals surface area contributed by atoms with Crippen molar-refractivity contribution in [3.05, 3.63) is 59.7 Å². The van der Waals surface area contributed by atoms with Crippen LogP contribution in [0.15, 0.2) is 42.5 Å². The van der Waals surface area contributed by atoms with Gasteiger partial charge < -0.3 is 14.8 Å². The summed E-state index contributed by atoms with van der Waals surface area (Å²) in [6, 6.07) is 8.76. The van der Waals surface area contributed by atoms with Gasteiger partial charge in [-0.15, -0.1) is 5.10 Å². The Bertz CT molecular complexity index is 1140. The summed E-state index contributed by atoms with van der Waals surface area (Å²) in [5, 5.41) is 9.13. The van der Waals surface area contributed by atoms with E-state index in [9.17, 15) is 22.4 Å². The third-order valence-electron chi connectivity index (χ3n) is 4.12. The van der Waals surface area contributed by atoms with Crippen LogP contribution in [0.3, 0.4) is 0 Å². The van der Waals surface area contributed by atoms with E-state index in [1.807, 2.05) is 0 Å². The molecule has 1 N–H and O–H groups in total. The van der Waals surface area contributed by atoms with Gasteiger partial charge in [0, 0.05) is 25.6 Å². The molecule has 1 amide bonds. The minimum atomic E-state index is -4.97. The lowest BCUT2D eigenvalue weighted by molar-refractivity contribution is -0.143. The molecule has 0 saturated carbocycles. The highest BCUT2D eigenvalue weighted by atomic mass is 19.4. The van der Waals surface area contributed by atoms with Gasteiger partial charge in [-0.25, -0.2) is 9.07 Å². The van der Waals surface area contributed by atoms with Gasteiger partial charge in [-0.05, 0) is 30.3 Å². The van der Waals surface area contributed by atoms with Gasteiger partial charge in [-0.1, -0.05) is 11.3 Å². The lowest BCUT2D eigenvalue weighted by Crippen LogP contribution is -2.29. The monoisotopic (exact) mass is 422 g/mol. The molecule has 0 atom stereocenters. The predicted molar refractivity (Wildman–Crippen MR) is 96.0 cm³/mol. The number of hydrogen-bond acceptors (Lipinski definition) is 5. The molecule has 1 aromatic heterocycles. The third kappa shape index (κ3) is 3.65. The van der Waals surface area contributed by atoms with E-state index >= 15 is 0 Å². The number of aromatic nitrogens is 3. The van der Waals surface area contributed by atoms with Gasteiger partial charge in [0.15, 0.2) is 22.9 Å². The fraction of sp³-hybridized carbons (Fsp3) is 0.211. The Morgan fingerprint density at radius 1 is 1.10 bits per heavy atom. The van der Waals surface area contributed by atoms with Crippen molar-refractivity contribution in [2.45, 2.75) is 25.8 Å². The number of nitrogens with zero attached hydrogens (tertiary/aromatic N) is 3. The molecule has 1 aliphatic heterocycles. The van der Waals surface area contributed by atoms with Gasteiger partial charge in [-0.3, -0.25) is 4.79 Å². The number of fused-ring (bicyclic) bond motifs is 1. The summed E-state index contributed by atoms with van der Waals surface area (Å²) in [4.78, 5) is 12.5. The summed E-state index contributed by atoms with van der Waals surface area (Å²) in [6.07, 6.45) is -4.97. The molecule has 0 bridgehead atoms. The van der Waals surface area contributed by atoms with Crippen molar-refractivity contribution in [2.24, 2.45) is 0 Å². The molecule has 4 rings (SSSR count).